The second kappa shape index (κ2) is 7.47. The van der Waals surface area contributed by atoms with Gasteiger partial charge in [-0.1, -0.05) is 12.1 Å². The molecule has 0 radical (unpaired) electrons. The number of halogens is 2. The summed E-state index contributed by atoms with van der Waals surface area (Å²) >= 11 is 0. The van der Waals surface area contributed by atoms with Gasteiger partial charge in [0.2, 0.25) is 0 Å². The number of carbonyl (C=O) groups is 1. The van der Waals surface area contributed by atoms with Crippen molar-refractivity contribution in [3.05, 3.63) is 69.8 Å². The predicted octanol–water partition coefficient (Wildman–Crippen LogP) is 2.73. The molecule has 2 rings (SSSR count). The summed E-state index contributed by atoms with van der Waals surface area (Å²) in [5.74, 6) is -1.71. The van der Waals surface area contributed by atoms with E-state index in [0.717, 1.165) is 18.2 Å². The number of carbonyl (C=O) groups excluding carboxylic acids is 1. The zero-order valence-electron chi connectivity index (χ0n) is 12.2. The van der Waals surface area contributed by atoms with Crippen molar-refractivity contribution in [1.29, 1.82) is 0 Å². The number of aliphatic hydroxyl groups excluding tert-OH is 1. The van der Waals surface area contributed by atoms with Gasteiger partial charge in [-0.2, -0.15) is 0 Å². The van der Waals surface area contributed by atoms with Crippen LogP contribution in [0.15, 0.2) is 42.5 Å². The lowest BCUT2D eigenvalue weighted by atomic mass is 10.1. The van der Waals surface area contributed by atoms with Crippen molar-refractivity contribution < 1.29 is 23.6 Å². The van der Waals surface area contributed by atoms with E-state index in [-0.39, 0.29) is 23.5 Å². The first-order valence-corrected chi connectivity index (χ1v) is 6.79. The van der Waals surface area contributed by atoms with Gasteiger partial charge in [-0.25, -0.2) is 13.6 Å². The number of anilines is 1. The molecule has 0 unspecified atom stereocenters. The molecule has 24 heavy (non-hydrogen) atoms. The van der Waals surface area contributed by atoms with E-state index in [0.29, 0.717) is 6.07 Å². The molecule has 2 aromatic carbocycles. The molecule has 0 heterocycles. The molecule has 0 spiro atoms. The molecule has 0 saturated heterocycles. The van der Waals surface area contributed by atoms with Gasteiger partial charge in [0.15, 0.2) is 0 Å². The molecular weight excluding hydrogens is 324 g/mol. The summed E-state index contributed by atoms with van der Waals surface area (Å²) in [7, 11) is 0. The van der Waals surface area contributed by atoms with Gasteiger partial charge in [0.05, 0.1) is 11.0 Å². The number of hydrogen-bond donors (Lipinski definition) is 3. The number of nitro benzene ring substituents is 1. The minimum atomic E-state index is -1.37. The standard InChI is InChI=1S/C15H13F2N3O4/c16-9-4-5-12(13(17)6-9)14(21)8-18-15(22)19-10-2-1-3-11(7-10)20(23)24/h1-7,14,21H,8H2,(H2,18,19,22)/t14-/m0/s1. The molecule has 7 nitrogen and oxygen atoms in total. The highest BCUT2D eigenvalue weighted by molar-refractivity contribution is 5.89. The fourth-order valence-corrected chi connectivity index (χ4v) is 1.94. The van der Waals surface area contributed by atoms with Crippen LogP contribution in [0.4, 0.5) is 25.0 Å². The van der Waals surface area contributed by atoms with Crippen LogP contribution >= 0.6 is 0 Å². The third kappa shape index (κ3) is 4.46. The normalized spacial score (nSPS) is 11.6. The van der Waals surface area contributed by atoms with Gasteiger partial charge in [-0.05, 0) is 12.1 Å². The molecular formula is C15H13F2N3O4. The van der Waals surface area contributed by atoms with Gasteiger partial charge < -0.3 is 15.7 Å². The van der Waals surface area contributed by atoms with E-state index in [2.05, 4.69) is 10.6 Å². The maximum Gasteiger partial charge on any atom is 0.319 e. The molecule has 1 atom stereocenters. The Morgan fingerprint density at radius 3 is 2.67 bits per heavy atom. The monoisotopic (exact) mass is 337 g/mol. The summed E-state index contributed by atoms with van der Waals surface area (Å²) in [6, 6.07) is 7.23. The Hall–Kier alpha value is -3.07. The van der Waals surface area contributed by atoms with Crippen LogP contribution in [-0.4, -0.2) is 22.6 Å². The highest BCUT2D eigenvalue weighted by Crippen LogP contribution is 2.18. The lowest BCUT2D eigenvalue weighted by Gasteiger charge is -2.13. The number of nitrogens with zero attached hydrogens (tertiary/aromatic N) is 1. The van der Waals surface area contributed by atoms with Gasteiger partial charge in [0.25, 0.3) is 5.69 Å². The summed E-state index contributed by atoms with van der Waals surface area (Å²) in [4.78, 5) is 21.8. The number of aliphatic hydroxyl groups is 1. The Kier molecular flexibility index (Phi) is 5.38. The maximum atomic E-state index is 13.5. The fraction of sp³-hybridized carbons (Fsp3) is 0.133. The number of urea groups is 1. The number of nitrogens with one attached hydrogen (secondary N) is 2. The van der Waals surface area contributed by atoms with Crippen LogP contribution in [0.5, 0.6) is 0 Å². The first-order chi connectivity index (χ1) is 11.4. The topological polar surface area (TPSA) is 104 Å². The Morgan fingerprint density at radius 2 is 2.00 bits per heavy atom. The minimum absolute atomic E-state index is 0.160. The Balaban J connectivity index is 1.93. The number of hydrogen-bond acceptors (Lipinski definition) is 4. The first kappa shape index (κ1) is 17.3. The molecule has 9 heteroatoms. The Labute approximate surface area is 135 Å². The van der Waals surface area contributed by atoms with Gasteiger partial charge >= 0.3 is 6.03 Å². The van der Waals surface area contributed by atoms with Gasteiger partial charge in [0, 0.05) is 36.0 Å². The molecule has 3 N–H and O–H groups in total. The van der Waals surface area contributed by atoms with Crippen molar-refractivity contribution in [3.63, 3.8) is 0 Å². The zero-order valence-corrected chi connectivity index (χ0v) is 12.2. The lowest BCUT2D eigenvalue weighted by molar-refractivity contribution is -0.384. The molecule has 126 valence electrons. The van der Waals surface area contributed by atoms with Crippen LogP contribution in [0.3, 0.4) is 0 Å². The third-order valence-electron chi connectivity index (χ3n) is 3.09. The van der Waals surface area contributed by atoms with Crippen molar-refractivity contribution in [2.45, 2.75) is 6.10 Å². The highest BCUT2D eigenvalue weighted by atomic mass is 19.1. The second-order valence-electron chi connectivity index (χ2n) is 4.82. The lowest BCUT2D eigenvalue weighted by Crippen LogP contribution is -2.32. The number of benzene rings is 2. The van der Waals surface area contributed by atoms with Crippen LogP contribution < -0.4 is 10.6 Å². The van der Waals surface area contributed by atoms with E-state index in [9.17, 15) is 28.8 Å². The molecule has 2 amide bonds. The Morgan fingerprint density at radius 1 is 1.25 bits per heavy atom. The third-order valence-corrected chi connectivity index (χ3v) is 3.09. The zero-order chi connectivity index (χ0) is 17.7. The van der Waals surface area contributed by atoms with Gasteiger partial charge in [-0.15, -0.1) is 0 Å². The summed E-state index contributed by atoms with van der Waals surface area (Å²) in [6.07, 6.45) is -1.37. The molecule has 2 aromatic rings. The summed E-state index contributed by atoms with van der Waals surface area (Å²) < 4.78 is 26.3. The van der Waals surface area contributed by atoms with E-state index in [1.807, 2.05) is 0 Å². The molecule has 0 bridgehead atoms. The summed E-state index contributed by atoms with van der Waals surface area (Å²) in [5, 5.41) is 25.1. The molecule has 0 aliphatic rings. The fourth-order valence-electron chi connectivity index (χ4n) is 1.94. The number of amides is 2. The van der Waals surface area contributed by atoms with Crippen molar-refractivity contribution in [1.82, 2.24) is 5.32 Å². The Bertz CT molecular complexity index is 770. The van der Waals surface area contributed by atoms with Crippen LogP contribution in [0.1, 0.15) is 11.7 Å². The van der Waals surface area contributed by atoms with Crippen molar-refractivity contribution in [3.8, 4) is 0 Å². The van der Waals surface area contributed by atoms with Crippen molar-refractivity contribution >= 4 is 17.4 Å². The van der Waals surface area contributed by atoms with E-state index in [1.54, 1.807) is 0 Å². The SMILES string of the molecule is O=C(NC[C@H](O)c1ccc(F)cc1F)Nc1cccc([N+](=O)[O-])c1. The molecule has 0 saturated carbocycles. The van der Waals surface area contributed by atoms with Crippen LogP contribution in [-0.2, 0) is 0 Å². The highest BCUT2D eigenvalue weighted by Gasteiger charge is 2.15. The number of non-ortho nitro benzene ring substituents is 1. The van der Waals surface area contributed by atoms with E-state index in [4.69, 9.17) is 0 Å². The van der Waals surface area contributed by atoms with Crippen molar-refractivity contribution in [2.24, 2.45) is 0 Å². The first-order valence-electron chi connectivity index (χ1n) is 6.79. The van der Waals surface area contributed by atoms with Crippen LogP contribution in [0.25, 0.3) is 0 Å². The van der Waals surface area contributed by atoms with Gasteiger partial charge in [-0.3, -0.25) is 10.1 Å². The smallest absolute Gasteiger partial charge is 0.319 e. The van der Waals surface area contributed by atoms with Crippen molar-refractivity contribution in [2.75, 3.05) is 11.9 Å². The minimum Gasteiger partial charge on any atom is -0.386 e. The number of rotatable bonds is 5. The molecule has 0 aliphatic carbocycles. The van der Waals surface area contributed by atoms with Crippen LogP contribution in [0, 0.1) is 21.7 Å². The average molecular weight is 337 g/mol. The predicted molar refractivity (Wildman–Crippen MR) is 81.4 cm³/mol. The number of nitro groups is 1. The summed E-state index contributed by atoms with van der Waals surface area (Å²) in [5.41, 5.74) is -0.169. The maximum absolute atomic E-state index is 13.5. The molecule has 0 fully saturated rings. The quantitative estimate of drug-likeness (QED) is 0.576. The van der Waals surface area contributed by atoms with Crippen LogP contribution in [0.2, 0.25) is 0 Å². The van der Waals surface area contributed by atoms with E-state index >= 15 is 0 Å². The summed E-state index contributed by atoms with van der Waals surface area (Å²) in [6.45, 7) is -0.330. The van der Waals surface area contributed by atoms with E-state index in [1.165, 1.54) is 18.2 Å². The molecule has 0 aliphatic heterocycles. The van der Waals surface area contributed by atoms with E-state index < -0.39 is 28.7 Å². The average Bonchev–Trinajstić information content (AvgIpc) is 2.53. The largest absolute Gasteiger partial charge is 0.386 e. The second-order valence-corrected chi connectivity index (χ2v) is 4.82. The molecule has 0 aromatic heterocycles. The van der Waals surface area contributed by atoms with Gasteiger partial charge in [0.1, 0.15) is 11.6 Å².